The van der Waals surface area contributed by atoms with Crippen LogP contribution in [0, 0.1) is 17.6 Å². The Morgan fingerprint density at radius 1 is 1.07 bits per heavy atom. The third-order valence-electron chi connectivity index (χ3n) is 5.24. The van der Waals surface area contributed by atoms with Crippen molar-refractivity contribution in [2.45, 2.75) is 32.1 Å². The zero-order chi connectivity index (χ0) is 21.0. The average molecular weight is 421 g/mol. The van der Waals surface area contributed by atoms with E-state index in [9.17, 15) is 18.4 Å². The highest BCUT2D eigenvalue weighted by Crippen LogP contribution is 2.26. The van der Waals surface area contributed by atoms with E-state index in [4.69, 9.17) is 11.6 Å². The topological polar surface area (TPSA) is 49.4 Å². The minimum absolute atomic E-state index is 0.178. The minimum atomic E-state index is -0.954. The van der Waals surface area contributed by atoms with Crippen LogP contribution in [-0.4, -0.2) is 30.3 Å². The summed E-state index contributed by atoms with van der Waals surface area (Å²) < 4.78 is 26.8. The molecule has 2 aromatic rings. The van der Waals surface area contributed by atoms with Gasteiger partial charge in [0.2, 0.25) is 0 Å². The van der Waals surface area contributed by atoms with E-state index in [1.807, 2.05) is 0 Å². The van der Waals surface area contributed by atoms with Gasteiger partial charge in [0.05, 0.1) is 16.1 Å². The van der Waals surface area contributed by atoms with E-state index in [0.29, 0.717) is 29.8 Å². The van der Waals surface area contributed by atoms with Gasteiger partial charge in [0.15, 0.2) is 0 Å². The maximum absolute atomic E-state index is 13.8. The first-order valence-electron chi connectivity index (χ1n) is 9.66. The van der Waals surface area contributed by atoms with Gasteiger partial charge in [0.25, 0.3) is 11.8 Å². The number of rotatable bonds is 5. The molecule has 2 amide bonds. The molecule has 0 radical (unpaired) electrons. The second-order valence-electron chi connectivity index (χ2n) is 7.46. The molecule has 7 heteroatoms. The number of halogens is 3. The quantitative estimate of drug-likeness (QED) is 0.692. The second-order valence-corrected chi connectivity index (χ2v) is 7.87. The van der Waals surface area contributed by atoms with Crippen molar-refractivity contribution in [2.75, 3.05) is 18.9 Å². The molecule has 0 unspecified atom stereocenters. The Bertz CT molecular complexity index is 914. The van der Waals surface area contributed by atoms with Crippen LogP contribution in [0.3, 0.4) is 0 Å². The van der Waals surface area contributed by atoms with Gasteiger partial charge in [-0.15, -0.1) is 0 Å². The van der Waals surface area contributed by atoms with Gasteiger partial charge in [-0.1, -0.05) is 30.9 Å². The van der Waals surface area contributed by atoms with E-state index in [0.717, 1.165) is 25.0 Å². The molecule has 154 valence electrons. The van der Waals surface area contributed by atoms with E-state index in [1.165, 1.54) is 31.4 Å². The molecule has 0 atom stereocenters. The van der Waals surface area contributed by atoms with Gasteiger partial charge in [-0.05, 0) is 49.1 Å². The fraction of sp³-hybridized carbons (Fsp3) is 0.364. The third kappa shape index (κ3) is 5.32. The average Bonchev–Trinajstić information content (AvgIpc) is 2.68. The lowest BCUT2D eigenvalue weighted by Crippen LogP contribution is -2.32. The molecule has 1 aliphatic carbocycles. The van der Waals surface area contributed by atoms with Crippen LogP contribution in [0.5, 0.6) is 0 Å². The summed E-state index contributed by atoms with van der Waals surface area (Å²) in [5.41, 5.74) is 0.376. The van der Waals surface area contributed by atoms with Crippen molar-refractivity contribution in [3.63, 3.8) is 0 Å². The zero-order valence-electron chi connectivity index (χ0n) is 16.2. The van der Waals surface area contributed by atoms with Gasteiger partial charge in [0, 0.05) is 25.3 Å². The highest BCUT2D eigenvalue weighted by Gasteiger charge is 2.21. The van der Waals surface area contributed by atoms with Crippen LogP contribution < -0.4 is 5.32 Å². The molecular formula is C22H23ClF2N2O2. The Morgan fingerprint density at radius 3 is 2.41 bits per heavy atom. The Morgan fingerprint density at radius 2 is 1.76 bits per heavy atom. The number of carbonyl (C=O) groups excluding carboxylic acids is 2. The third-order valence-corrected chi connectivity index (χ3v) is 5.55. The van der Waals surface area contributed by atoms with Crippen LogP contribution in [0.4, 0.5) is 14.5 Å². The first-order chi connectivity index (χ1) is 13.8. The first kappa shape index (κ1) is 21.2. The van der Waals surface area contributed by atoms with Crippen molar-refractivity contribution < 1.29 is 18.4 Å². The molecule has 0 bridgehead atoms. The molecular weight excluding hydrogens is 398 g/mol. The molecule has 3 rings (SSSR count). The lowest BCUT2D eigenvalue weighted by molar-refractivity contribution is 0.0760. The van der Waals surface area contributed by atoms with Crippen molar-refractivity contribution in [1.29, 1.82) is 0 Å². The molecule has 4 nitrogen and oxygen atoms in total. The molecule has 0 spiro atoms. The van der Waals surface area contributed by atoms with Gasteiger partial charge < -0.3 is 10.2 Å². The predicted molar refractivity (Wildman–Crippen MR) is 109 cm³/mol. The summed E-state index contributed by atoms with van der Waals surface area (Å²) in [6, 6.07) is 7.24. The highest BCUT2D eigenvalue weighted by atomic mass is 35.5. The molecule has 0 saturated heterocycles. The summed E-state index contributed by atoms with van der Waals surface area (Å²) in [5.74, 6) is -2.11. The molecule has 0 aromatic heterocycles. The van der Waals surface area contributed by atoms with Gasteiger partial charge in [0.1, 0.15) is 11.6 Å². The predicted octanol–water partition coefficient (Wildman–Crippen LogP) is 5.52. The molecule has 0 heterocycles. The molecule has 1 fully saturated rings. The van der Waals surface area contributed by atoms with Crippen molar-refractivity contribution in [2.24, 2.45) is 5.92 Å². The first-order valence-corrected chi connectivity index (χ1v) is 10.0. The molecule has 29 heavy (non-hydrogen) atoms. The van der Waals surface area contributed by atoms with Gasteiger partial charge >= 0.3 is 0 Å². The fourth-order valence-corrected chi connectivity index (χ4v) is 3.95. The lowest BCUT2D eigenvalue weighted by Gasteiger charge is -2.27. The van der Waals surface area contributed by atoms with E-state index in [1.54, 1.807) is 18.0 Å². The van der Waals surface area contributed by atoms with E-state index in [2.05, 4.69) is 5.32 Å². The smallest absolute Gasteiger partial charge is 0.258 e. The molecule has 1 aliphatic rings. The molecule has 1 N–H and O–H groups in total. The summed E-state index contributed by atoms with van der Waals surface area (Å²) in [6.07, 6.45) is 5.94. The minimum Gasteiger partial charge on any atom is -0.341 e. The number of carbonyl (C=O) groups is 2. The summed E-state index contributed by atoms with van der Waals surface area (Å²) >= 11 is 6.27. The SMILES string of the molecule is CN(CC1CCCCC1)C(=O)c1ccc(NC(=O)c2ccc(F)cc2F)cc1Cl. The fourth-order valence-electron chi connectivity index (χ4n) is 3.68. The largest absolute Gasteiger partial charge is 0.341 e. The van der Waals surface area contributed by atoms with Gasteiger partial charge in [-0.2, -0.15) is 0 Å². The number of amides is 2. The Kier molecular flexibility index (Phi) is 6.85. The van der Waals surface area contributed by atoms with Gasteiger partial charge in [-0.25, -0.2) is 8.78 Å². The summed E-state index contributed by atoms with van der Waals surface area (Å²) in [4.78, 5) is 26.6. The molecule has 1 saturated carbocycles. The van der Waals surface area contributed by atoms with Crippen LogP contribution in [0.1, 0.15) is 52.8 Å². The van der Waals surface area contributed by atoms with Crippen molar-refractivity contribution >= 4 is 29.1 Å². The van der Waals surface area contributed by atoms with Crippen LogP contribution in [0.25, 0.3) is 0 Å². The maximum atomic E-state index is 13.8. The molecule has 0 aliphatic heterocycles. The number of hydrogen-bond acceptors (Lipinski definition) is 2. The van der Waals surface area contributed by atoms with E-state index >= 15 is 0 Å². The van der Waals surface area contributed by atoms with Crippen LogP contribution >= 0.6 is 11.6 Å². The van der Waals surface area contributed by atoms with E-state index in [-0.39, 0.29) is 16.5 Å². The van der Waals surface area contributed by atoms with Crippen molar-refractivity contribution in [3.8, 4) is 0 Å². The number of anilines is 1. The Hall–Kier alpha value is -2.47. The highest BCUT2D eigenvalue weighted by molar-refractivity contribution is 6.34. The van der Waals surface area contributed by atoms with Crippen LogP contribution in [0.15, 0.2) is 36.4 Å². The summed E-state index contributed by atoms with van der Waals surface area (Å²) in [6.45, 7) is 0.692. The van der Waals surface area contributed by atoms with Crippen molar-refractivity contribution in [3.05, 3.63) is 64.2 Å². The lowest BCUT2D eigenvalue weighted by atomic mass is 9.89. The number of nitrogens with one attached hydrogen (secondary N) is 1. The standard InChI is InChI=1S/C22H23ClF2N2O2/c1-27(13-14-5-3-2-4-6-14)22(29)17-10-8-16(12-19(17)23)26-21(28)18-9-7-15(24)11-20(18)25/h7-12,14H,2-6,13H2,1H3,(H,26,28). The second kappa shape index (κ2) is 9.35. The van der Waals surface area contributed by atoms with Crippen molar-refractivity contribution in [1.82, 2.24) is 4.90 Å². The Balaban J connectivity index is 1.67. The monoisotopic (exact) mass is 420 g/mol. The maximum Gasteiger partial charge on any atom is 0.258 e. The number of benzene rings is 2. The number of nitrogens with zero attached hydrogens (tertiary/aromatic N) is 1. The summed E-state index contributed by atoms with van der Waals surface area (Å²) in [7, 11) is 1.76. The Labute approximate surface area is 173 Å². The number of hydrogen-bond donors (Lipinski definition) is 1. The van der Waals surface area contributed by atoms with E-state index < -0.39 is 17.5 Å². The molecule has 2 aromatic carbocycles. The summed E-state index contributed by atoms with van der Waals surface area (Å²) in [5, 5.41) is 2.71. The normalized spacial score (nSPS) is 14.5. The van der Waals surface area contributed by atoms with Gasteiger partial charge in [-0.3, -0.25) is 9.59 Å². The zero-order valence-corrected chi connectivity index (χ0v) is 16.9. The van der Waals surface area contributed by atoms with Crippen LogP contribution in [-0.2, 0) is 0 Å². The van der Waals surface area contributed by atoms with Crippen LogP contribution in [0.2, 0.25) is 5.02 Å².